The van der Waals surface area contributed by atoms with Crippen molar-refractivity contribution < 1.29 is 36.2 Å². The third kappa shape index (κ3) is 3.12. The van der Waals surface area contributed by atoms with Crippen LogP contribution < -0.4 is 19.9 Å². The molecule has 21 heavy (non-hydrogen) atoms. The van der Waals surface area contributed by atoms with E-state index < -0.39 is 23.7 Å². The number of methoxy groups -OCH3 is 3. The van der Waals surface area contributed by atoms with Crippen LogP contribution in [-0.2, 0) is 0 Å². The molecule has 1 aromatic rings. The van der Waals surface area contributed by atoms with Gasteiger partial charge in [-0.1, -0.05) is 0 Å². The normalized spacial score (nSPS) is 13.8. The Labute approximate surface area is 117 Å². The van der Waals surface area contributed by atoms with Crippen molar-refractivity contribution in [2.75, 3.05) is 21.3 Å². The number of alkyl halides is 5. The van der Waals surface area contributed by atoms with Gasteiger partial charge in [-0.05, 0) is 0 Å². The van der Waals surface area contributed by atoms with Gasteiger partial charge >= 0.3 is 12.1 Å². The quantitative estimate of drug-likeness (QED) is 0.849. The van der Waals surface area contributed by atoms with Crippen LogP contribution in [0.4, 0.5) is 22.0 Å². The van der Waals surface area contributed by atoms with Crippen molar-refractivity contribution in [1.82, 2.24) is 0 Å². The lowest BCUT2D eigenvalue weighted by molar-refractivity contribution is -0.291. The summed E-state index contributed by atoms with van der Waals surface area (Å²) in [5.74, 6) is -5.57. The van der Waals surface area contributed by atoms with Crippen LogP contribution in [0.1, 0.15) is 11.6 Å². The van der Waals surface area contributed by atoms with Gasteiger partial charge in [-0.25, -0.2) is 0 Å². The highest BCUT2D eigenvalue weighted by Crippen LogP contribution is 2.48. The van der Waals surface area contributed by atoms with Crippen molar-refractivity contribution in [2.45, 2.75) is 18.1 Å². The van der Waals surface area contributed by atoms with Crippen molar-refractivity contribution in [2.24, 2.45) is 5.73 Å². The first-order valence-corrected chi connectivity index (χ1v) is 5.60. The van der Waals surface area contributed by atoms with Gasteiger partial charge < -0.3 is 19.9 Å². The zero-order valence-electron chi connectivity index (χ0n) is 11.4. The van der Waals surface area contributed by atoms with Crippen molar-refractivity contribution >= 4 is 0 Å². The molecule has 0 radical (unpaired) electrons. The van der Waals surface area contributed by atoms with Gasteiger partial charge in [0, 0.05) is 12.1 Å². The van der Waals surface area contributed by atoms with Crippen molar-refractivity contribution in [3.8, 4) is 17.2 Å². The van der Waals surface area contributed by atoms with Gasteiger partial charge in [-0.15, -0.1) is 0 Å². The Morgan fingerprint density at radius 1 is 0.905 bits per heavy atom. The maximum atomic E-state index is 13.4. The van der Waals surface area contributed by atoms with Crippen LogP contribution in [0.2, 0.25) is 0 Å². The van der Waals surface area contributed by atoms with Gasteiger partial charge in [0.05, 0.1) is 26.9 Å². The minimum absolute atomic E-state index is 0.162. The summed E-state index contributed by atoms with van der Waals surface area (Å²) in [6, 6.07) is -0.401. The summed E-state index contributed by atoms with van der Waals surface area (Å²) >= 11 is 0. The lowest BCUT2D eigenvalue weighted by Crippen LogP contribution is -2.46. The van der Waals surface area contributed by atoms with Crippen LogP contribution in [0.3, 0.4) is 0 Å². The summed E-state index contributed by atoms with van der Waals surface area (Å²) in [5, 5.41) is 0. The van der Waals surface area contributed by atoms with Gasteiger partial charge in [0.25, 0.3) is 0 Å². The van der Waals surface area contributed by atoms with E-state index in [0.717, 1.165) is 26.4 Å². The SMILES string of the molecule is COc1cc(OC)c(C(N)C(F)(F)C(F)(F)F)c(OC)c1. The molecule has 9 heteroatoms. The van der Waals surface area contributed by atoms with Crippen LogP contribution in [-0.4, -0.2) is 33.4 Å². The second-order valence-electron chi connectivity index (χ2n) is 4.04. The molecule has 0 bridgehead atoms. The molecule has 0 aromatic heterocycles. The third-order valence-corrected chi connectivity index (χ3v) is 2.83. The average Bonchev–Trinajstić information content (AvgIpc) is 2.43. The van der Waals surface area contributed by atoms with E-state index in [9.17, 15) is 22.0 Å². The third-order valence-electron chi connectivity index (χ3n) is 2.83. The molecule has 0 fully saturated rings. The van der Waals surface area contributed by atoms with E-state index in [1.807, 2.05) is 0 Å². The van der Waals surface area contributed by atoms with Crippen molar-refractivity contribution in [3.63, 3.8) is 0 Å². The first-order valence-electron chi connectivity index (χ1n) is 5.60. The number of hydrogen-bond acceptors (Lipinski definition) is 4. The fourth-order valence-electron chi connectivity index (χ4n) is 1.70. The lowest BCUT2D eigenvalue weighted by Gasteiger charge is -2.28. The molecule has 1 aromatic carbocycles. The molecule has 0 amide bonds. The van der Waals surface area contributed by atoms with E-state index in [-0.39, 0.29) is 17.2 Å². The number of benzene rings is 1. The molecular formula is C12H14F5NO3. The largest absolute Gasteiger partial charge is 0.496 e. The van der Waals surface area contributed by atoms with E-state index in [1.54, 1.807) is 0 Å². The molecule has 120 valence electrons. The maximum Gasteiger partial charge on any atom is 0.455 e. The van der Waals surface area contributed by atoms with E-state index in [2.05, 4.69) is 0 Å². The van der Waals surface area contributed by atoms with Crippen LogP contribution >= 0.6 is 0 Å². The van der Waals surface area contributed by atoms with E-state index in [1.165, 1.54) is 7.11 Å². The number of ether oxygens (including phenoxy) is 3. The van der Waals surface area contributed by atoms with Crippen molar-refractivity contribution in [1.29, 1.82) is 0 Å². The Morgan fingerprint density at radius 3 is 1.62 bits per heavy atom. The van der Waals surface area contributed by atoms with Crippen LogP contribution in [0.5, 0.6) is 17.2 Å². The number of halogens is 5. The molecule has 0 aliphatic carbocycles. The summed E-state index contributed by atoms with van der Waals surface area (Å²) < 4.78 is 78.7. The predicted octanol–water partition coefficient (Wildman–Crippen LogP) is 2.91. The Bertz CT molecular complexity index is 479. The van der Waals surface area contributed by atoms with Crippen LogP contribution in [0.15, 0.2) is 12.1 Å². The van der Waals surface area contributed by atoms with Gasteiger partial charge in [-0.3, -0.25) is 0 Å². The maximum absolute atomic E-state index is 13.4. The van der Waals surface area contributed by atoms with Gasteiger partial charge in [0.1, 0.15) is 23.3 Å². The van der Waals surface area contributed by atoms with Crippen molar-refractivity contribution in [3.05, 3.63) is 17.7 Å². The number of hydrogen-bond donors (Lipinski definition) is 1. The predicted molar refractivity (Wildman–Crippen MR) is 64.0 cm³/mol. The van der Waals surface area contributed by atoms with Crippen LogP contribution in [0.25, 0.3) is 0 Å². The Balaban J connectivity index is 3.47. The second-order valence-corrected chi connectivity index (χ2v) is 4.04. The minimum Gasteiger partial charge on any atom is -0.496 e. The molecule has 0 saturated carbocycles. The van der Waals surface area contributed by atoms with E-state index in [0.29, 0.717) is 0 Å². The lowest BCUT2D eigenvalue weighted by atomic mass is 9.98. The highest BCUT2D eigenvalue weighted by atomic mass is 19.4. The number of rotatable bonds is 5. The monoisotopic (exact) mass is 315 g/mol. The molecule has 0 saturated heterocycles. The summed E-state index contributed by atoms with van der Waals surface area (Å²) in [5.41, 5.74) is 4.54. The standard InChI is InChI=1S/C12H14F5NO3/c1-19-6-4-7(20-2)9(8(5-6)21-3)10(18)11(13,14)12(15,16)17/h4-5,10H,18H2,1-3H3. The molecule has 0 aliphatic rings. The zero-order valence-corrected chi connectivity index (χ0v) is 11.4. The summed E-state index contributed by atoms with van der Waals surface area (Å²) in [6.45, 7) is 0. The smallest absolute Gasteiger partial charge is 0.455 e. The first-order chi connectivity index (χ1) is 9.60. The summed E-state index contributed by atoms with van der Waals surface area (Å²) in [6.07, 6.45) is -5.80. The number of nitrogens with two attached hydrogens (primary N) is 1. The molecule has 1 atom stereocenters. The molecule has 0 heterocycles. The van der Waals surface area contributed by atoms with Gasteiger partial charge in [-0.2, -0.15) is 22.0 Å². The van der Waals surface area contributed by atoms with Crippen LogP contribution in [0, 0.1) is 0 Å². The molecule has 1 unspecified atom stereocenters. The van der Waals surface area contributed by atoms with Gasteiger partial charge in [0.15, 0.2) is 0 Å². The summed E-state index contributed by atoms with van der Waals surface area (Å²) in [4.78, 5) is 0. The Hall–Kier alpha value is -1.77. The fourth-order valence-corrected chi connectivity index (χ4v) is 1.70. The summed E-state index contributed by atoms with van der Waals surface area (Å²) in [7, 11) is 3.50. The highest BCUT2D eigenvalue weighted by molar-refractivity contribution is 5.53. The Kier molecular flexibility index (Phi) is 4.87. The molecule has 0 spiro atoms. The second kappa shape index (κ2) is 5.92. The van der Waals surface area contributed by atoms with E-state index in [4.69, 9.17) is 19.9 Å². The Morgan fingerprint density at radius 2 is 1.33 bits per heavy atom. The molecule has 1 rings (SSSR count). The molecule has 0 aliphatic heterocycles. The first kappa shape index (κ1) is 17.3. The van der Waals surface area contributed by atoms with E-state index >= 15 is 0 Å². The molecule has 2 N–H and O–H groups in total. The highest BCUT2D eigenvalue weighted by Gasteiger charge is 2.62. The molecular weight excluding hydrogens is 301 g/mol. The average molecular weight is 315 g/mol. The zero-order chi connectivity index (χ0) is 16.4. The fraction of sp³-hybridized carbons (Fsp3) is 0.500. The minimum atomic E-state index is -5.80. The topological polar surface area (TPSA) is 53.7 Å². The molecule has 4 nitrogen and oxygen atoms in total. The van der Waals surface area contributed by atoms with Gasteiger partial charge in [0.2, 0.25) is 0 Å².